The Balaban J connectivity index is 1.94. The average molecular weight is 342 g/mol. The van der Waals surface area contributed by atoms with Gasteiger partial charge in [-0.1, -0.05) is 6.92 Å². The van der Waals surface area contributed by atoms with E-state index in [1.807, 2.05) is 0 Å². The molecule has 8 nitrogen and oxygen atoms in total. The monoisotopic (exact) mass is 342 g/mol. The van der Waals surface area contributed by atoms with E-state index in [-0.39, 0.29) is 6.42 Å². The zero-order valence-electron chi connectivity index (χ0n) is 13.1. The molecule has 3 aromatic rings. The highest BCUT2D eigenvalue weighted by molar-refractivity contribution is 7.71. The fourth-order valence-corrected chi connectivity index (χ4v) is 2.39. The summed E-state index contributed by atoms with van der Waals surface area (Å²) in [6.07, 6.45) is 1.56. The van der Waals surface area contributed by atoms with Crippen molar-refractivity contribution in [3.8, 4) is 11.4 Å². The maximum absolute atomic E-state index is 11.6. The highest BCUT2D eigenvalue weighted by atomic mass is 32.1. The number of benzene rings is 1. The first-order valence-electron chi connectivity index (χ1n) is 7.22. The molecule has 122 valence electrons. The van der Waals surface area contributed by atoms with E-state index >= 15 is 0 Å². The first-order chi connectivity index (χ1) is 11.5. The van der Waals surface area contributed by atoms with Gasteiger partial charge in [-0.25, -0.2) is 0 Å². The summed E-state index contributed by atoms with van der Waals surface area (Å²) >= 11 is 5.35. The number of aromatic nitrogens is 5. The SMILES string of the molecule is CCC(=O)C(=O)Nc1ccc(-c2nc3ncnn3c(=S)n2C)cc1. The van der Waals surface area contributed by atoms with Crippen LogP contribution in [0.3, 0.4) is 0 Å². The fourth-order valence-electron chi connectivity index (χ4n) is 2.17. The predicted octanol–water partition coefficient (Wildman–Crippen LogP) is 1.78. The number of nitrogens with one attached hydrogen (secondary N) is 1. The topological polar surface area (TPSA) is 94.2 Å². The van der Waals surface area contributed by atoms with E-state index in [4.69, 9.17) is 12.2 Å². The lowest BCUT2D eigenvalue weighted by atomic mass is 10.2. The molecule has 1 aromatic carbocycles. The maximum atomic E-state index is 11.6. The van der Waals surface area contributed by atoms with Gasteiger partial charge in [0, 0.05) is 24.7 Å². The van der Waals surface area contributed by atoms with E-state index in [0.29, 0.717) is 22.1 Å². The zero-order chi connectivity index (χ0) is 17.3. The average Bonchev–Trinajstić information content (AvgIpc) is 3.07. The van der Waals surface area contributed by atoms with Crippen LogP contribution in [-0.2, 0) is 16.6 Å². The summed E-state index contributed by atoms with van der Waals surface area (Å²) in [5, 5.41) is 6.58. The second-order valence-corrected chi connectivity index (χ2v) is 5.42. The largest absolute Gasteiger partial charge is 0.319 e. The number of nitrogens with zero attached hydrogens (tertiary/aromatic N) is 5. The number of ketones is 1. The van der Waals surface area contributed by atoms with Crippen LogP contribution in [-0.4, -0.2) is 35.8 Å². The Morgan fingerprint density at radius 1 is 1.25 bits per heavy atom. The summed E-state index contributed by atoms with van der Waals surface area (Å²) in [7, 11) is 1.79. The van der Waals surface area contributed by atoms with Crippen LogP contribution in [0, 0.1) is 4.77 Å². The standard InChI is InChI=1S/C15H14N6O2S/c1-3-11(22)13(23)18-10-6-4-9(5-7-10)12-19-14-16-8-17-21(14)15(24)20(12)2/h4-8H,3H2,1-2H3,(H,18,23). The Labute approximate surface area is 142 Å². The molecule has 0 aliphatic carbocycles. The van der Waals surface area contributed by atoms with Crippen molar-refractivity contribution in [1.82, 2.24) is 24.1 Å². The minimum atomic E-state index is -0.619. The van der Waals surface area contributed by atoms with Crippen molar-refractivity contribution >= 4 is 35.4 Å². The third-order valence-electron chi connectivity index (χ3n) is 3.50. The van der Waals surface area contributed by atoms with Crippen molar-refractivity contribution in [2.24, 2.45) is 7.05 Å². The Bertz CT molecular complexity index is 989. The minimum Gasteiger partial charge on any atom is -0.319 e. The molecule has 0 bridgehead atoms. The van der Waals surface area contributed by atoms with Crippen LogP contribution < -0.4 is 5.32 Å². The number of hydrogen-bond acceptors (Lipinski definition) is 6. The Kier molecular flexibility index (Phi) is 4.17. The van der Waals surface area contributed by atoms with Crippen LogP contribution in [0.5, 0.6) is 0 Å². The molecule has 24 heavy (non-hydrogen) atoms. The molecule has 0 unspecified atom stereocenters. The molecule has 0 saturated heterocycles. The number of amides is 1. The predicted molar refractivity (Wildman–Crippen MR) is 90.0 cm³/mol. The van der Waals surface area contributed by atoms with Crippen molar-refractivity contribution < 1.29 is 9.59 Å². The van der Waals surface area contributed by atoms with Crippen molar-refractivity contribution in [3.63, 3.8) is 0 Å². The summed E-state index contributed by atoms with van der Waals surface area (Å²) < 4.78 is 3.67. The molecule has 0 aliphatic heterocycles. The van der Waals surface area contributed by atoms with Gasteiger partial charge in [0.25, 0.3) is 11.7 Å². The molecule has 0 aliphatic rings. The molecule has 9 heteroatoms. The molecule has 1 N–H and O–H groups in total. The number of Topliss-reactive ketones (excluding diaryl/α,β-unsaturated/α-hetero) is 1. The lowest BCUT2D eigenvalue weighted by Gasteiger charge is -2.10. The van der Waals surface area contributed by atoms with Gasteiger partial charge in [0.2, 0.25) is 10.6 Å². The third kappa shape index (κ3) is 2.81. The van der Waals surface area contributed by atoms with Crippen LogP contribution in [0.2, 0.25) is 0 Å². The van der Waals surface area contributed by atoms with Crippen LogP contribution in [0.15, 0.2) is 30.6 Å². The summed E-state index contributed by atoms with van der Waals surface area (Å²) in [5.41, 5.74) is 1.34. The van der Waals surface area contributed by atoms with Crippen LogP contribution in [0.4, 0.5) is 5.69 Å². The van der Waals surface area contributed by atoms with E-state index in [1.165, 1.54) is 10.8 Å². The van der Waals surface area contributed by atoms with Gasteiger partial charge >= 0.3 is 0 Å². The van der Waals surface area contributed by atoms with E-state index in [1.54, 1.807) is 42.8 Å². The van der Waals surface area contributed by atoms with Gasteiger partial charge in [-0.2, -0.15) is 19.6 Å². The summed E-state index contributed by atoms with van der Waals surface area (Å²) in [6, 6.07) is 6.98. The third-order valence-corrected chi connectivity index (χ3v) is 3.94. The second-order valence-electron chi connectivity index (χ2n) is 5.06. The lowest BCUT2D eigenvalue weighted by Crippen LogP contribution is -2.21. The fraction of sp³-hybridized carbons (Fsp3) is 0.200. The number of carbonyl (C=O) groups is 2. The highest BCUT2D eigenvalue weighted by Crippen LogP contribution is 2.20. The van der Waals surface area contributed by atoms with Crippen LogP contribution in [0.25, 0.3) is 17.2 Å². The van der Waals surface area contributed by atoms with Crippen LogP contribution in [0.1, 0.15) is 13.3 Å². The molecule has 0 radical (unpaired) electrons. The normalized spacial score (nSPS) is 10.8. The van der Waals surface area contributed by atoms with Gasteiger partial charge in [-0.15, -0.1) is 0 Å². The quantitative estimate of drug-likeness (QED) is 0.574. The molecule has 2 aromatic heterocycles. The highest BCUT2D eigenvalue weighted by Gasteiger charge is 2.12. The van der Waals surface area contributed by atoms with Crippen molar-refractivity contribution in [2.75, 3.05) is 5.32 Å². The Morgan fingerprint density at radius 2 is 1.96 bits per heavy atom. The molecular formula is C15H14N6O2S. The number of hydrogen-bond donors (Lipinski definition) is 1. The molecule has 0 spiro atoms. The van der Waals surface area contributed by atoms with Gasteiger partial charge in [-0.3, -0.25) is 9.59 Å². The smallest absolute Gasteiger partial charge is 0.291 e. The second kappa shape index (κ2) is 6.28. The molecule has 2 heterocycles. The first-order valence-corrected chi connectivity index (χ1v) is 7.63. The van der Waals surface area contributed by atoms with Crippen LogP contribution >= 0.6 is 12.2 Å². The van der Waals surface area contributed by atoms with Crippen molar-refractivity contribution in [1.29, 1.82) is 0 Å². The van der Waals surface area contributed by atoms with E-state index in [9.17, 15) is 9.59 Å². The summed E-state index contributed by atoms with van der Waals surface area (Å²) in [4.78, 5) is 31.4. The Morgan fingerprint density at radius 3 is 2.62 bits per heavy atom. The zero-order valence-corrected chi connectivity index (χ0v) is 13.9. The maximum Gasteiger partial charge on any atom is 0.291 e. The molecule has 0 saturated carbocycles. The first kappa shape index (κ1) is 15.9. The van der Waals surface area contributed by atoms with Crippen molar-refractivity contribution in [3.05, 3.63) is 35.4 Å². The lowest BCUT2D eigenvalue weighted by molar-refractivity contribution is -0.134. The number of anilines is 1. The van der Waals surface area contributed by atoms with Gasteiger partial charge in [-0.05, 0) is 36.5 Å². The Hall–Kier alpha value is -2.94. The summed E-state index contributed by atoms with van der Waals surface area (Å²) in [6.45, 7) is 1.64. The van der Waals surface area contributed by atoms with Crippen molar-refractivity contribution in [2.45, 2.75) is 13.3 Å². The van der Waals surface area contributed by atoms with Gasteiger partial charge in [0.05, 0.1) is 0 Å². The van der Waals surface area contributed by atoms with Gasteiger partial charge < -0.3 is 9.88 Å². The number of carbonyl (C=O) groups excluding carboxylic acids is 2. The van der Waals surface area contributed by atoms with E-state index in [2.05, 4.69) is 20.4 Å². The van der Waals surface area contributed by atoms with Gasteiger partial charge in [0.15, 0.2) is 0 Å². The molecule has 3 rings (SSSR count). The molecule has 0 fully saturated rings. The summed E-state index contributed by atoms with van der Waals surface area (Å²) in [5.74, 6) is -0.0335. The van der Waals surface area contributed by atoms with Gasteiger partial charge in [0.1, 0.15) is 12.2 Å². The number of fused-ring (bicyclic) bond motifs is 1. The molecule has 1 amide bonds. The number of rotatable bonds is 4. The van der Waals surface area contributed by atoms with E-state index < -0.39 is 11.7 Å². The molecular weight excluding hydrogens is 328 g/mol. The van der Waals surface area contributed by atoms with E-state index in [0.717, 1.165) is 5.56 Å². The molecule has 0 atom stereocenters. The minimum absolute atomic E-state index is 0.170.